The molecule has 3 nitrogen and oxygen atoms in total. The minimum Gasteiger partial charge on any atom is -0.335 e. The Morgan fingerprint density at radius 1 is 1.19 bits per heavy atom. The number of aryl methyl sites for hydroxylation is 1. The molecular weight excluding hydrogens is 281 g/mol. The fraction of sp³-hybridized carbons (Fsp3) is 0.533. The zero-order chi connectivity index (χ0) is 15.5. The summed E-state index contributed by atoms with van der Waals surface area (Å²) < 4.78 is 37.7. The van der Waals surface area contributed by atoms with E-state index in [1.165, 1.54) is 0 Å². The number of hydrogen-bond donors (Lipinski definition) is 2. The largest absolute Gasteiger partial charge is 0.391 e. The summed E-state index contributed by atoms with van der Waals surface area (Å²) >= 11 is 0. The average Bonchev–Trinajstić information content (AvgIpc) is 2.38. The number of hydrogen-bond acceptors (Lipinski definition) is 1. The number of nitrogens with one attached hydrogen (secondary N) is 2. The Labute approximate surface area is 121 Å². The SMILES string of the molecule is Cc1cccc(NC(=O)NC2CCC(C(F)(F)F)CC2)c1. The summed E-state index contributed by atoms with van der Waals surface area (Å²) in [6, 6.07) is 6.80. The quantitative estimate of drug-likeness (QED) is 0.843. The molecule has 2 rings (SSSR count). The topological polar surface area (TPSA) is 41.1 Å². The van der Waals surface area contributed by atoms with Crippen LogP contribution in [0.3, 0.4) is 0 Å². The standard InChI is InChI=1S/C15H19F3N2O/c1-10-3-2-4-13(9-10)20-14(21)19-12-7-5-11(6-8-12)15(16,17)18/h2-4,9,11-12H,5-8H2,1H3,(H2,19,20,21). The number of anilines is 1. The molecule has 116 valence electrons. The number of urea groups is 1. The molecule has 6 heteroatoms. The molecule has 1 aliphatic carbocycles. The summed E-state index contributed by atoms with van der Waals surface area (Å²) in [5.74, 6) is -1.23. The van der Waals surface area contributed by atoms with Crippen molar-refractivity contribution in [1.82, 2.24) is 5.32 Å². The molecule has 1 aliphatic rings. The second-order valence-corrected chi connectivity index (χ2v) is 5.56. The van der Waals surface area contributed by atoms with Crippen LogP contribution in [0.2, 0.25) is 0 Å². The molecule has 0 radical (unpaired) electrons. The number of halogens is 3. The zero-order valence-corrected chi connectivity index (χ0v) is 11.8. The van der Waals surface area contributed by atoms with Crippen LogP contribution in [0.1, 0.15) is 31.2 Å². The molecule has 2 N–H and O–H groups in total. The van der Waals surface area contributed by atoms with Crippen molar-refractivity contribution in [2.24, 2.45) is 5.92 Å². The Balaban J connectivity index is 1.79. The van der Waals surface area contributed by atoms with E-state index in [4.69, 9.17) is 0 Å². The van der Waals surface area contributed by atoms with E-state index in [9.17, 15) is 18.0 Å². The Morgan fingerprint density at radius 2 is 1.86 bits per heavy atom. The highest BCUT2D eigenvalue weighted by molar-refractivity contribution is 5.89. The van der Waals surface area contributed by atoms with E-state index in [0.29, 0.717) is 18.5 Å². The molecular formula is C15H19F3N2O. The number of rotatable bonds is 2. The first kappa shape index (κ1) is 15.7. The molecule has 21 heavy (non-hydrogen) atoms. The number of benzene rings is 1. The van der Waals surface area contributed by atoms with Crippen molar-refractivity contribution in [3.63, 3.8) is 0 Å². The molecule has 0 spiro atoms. The monoisotopic (exact) mass is 300 g/mol. The van der Waals surface area contributed by atoms with Crippen molar-refractivity contribution in [2.75, 3.05) is 5.32 Å². The van der Waals surface area contributed by atoms with Crippen molar-refractivity contribution < 1.29 is 18.0 Å². The second kappa shape index (κ2) is 6.37. The van der Waals surface area contributed by atoms with Crippen LogP contribution < -0.4 is 10.6 Å². The van der Waals surface area contributed by atoms with Crippen LogP contribution in [0, 0.1) is 12.8 Å². The molecule has 1 fully saturated rings. The average molecular weight is 300 g/mol. The van der Waals surface area contributed by atoms with Crippen molar-refractivity contribution in [3.8, 4) is 0 Å². The van der Waals surface area contributed by atoms with Crippen LogP contribution in [0.15, 0.2) is 24.3 Å². The van der Waals surface area contributed by atoms with Crippen LogP contribution in [0.4, 0.5) is 23.7 Å². The van der Waals surface area contributed by atoms with Gasteiger partial charge in [-0.2, -0.15) is 13.2 Å². The van der Waals surface area contributed by atoms with Crippen LogP contribution in [0.25, 0.3) is 0 Å². The maximum Gasteiger partial charge on any atom is 0.391 e. The fourth-order valence-corrected chi connectivity index (χ4v) is 2.64. The molecule has 1 aromatic carbocycles. The third-order valence-corrected chi connectivity index (χ3v) is 3.80. The predicted octanol–water partition coefficient (Wildman–Crippen LogP) is 4.24. The zero-order valence-electron chi connectivity index (χ0n) is 11.8. The van der Waals surface area contributed by atoms with E-state index < -0.39 is 12.1 Å². The highest BCUT2D eigenvalue weighted by Gasteiger charge is 2.41. The van der Waals surface area contributed by atoms with Gasteiger partial charge in [0.2, 0.25) is 0 Å². The van der Waals surface area contributed by atoms with Gasteiger partial charge >= 0.3 is 12.2 Å². The van der Waals surface area contributed by atoms with E-state index in [1.807, 2.05) is 25.1 Å². The van der Waals surface area contributed by atoms with Crippen LogP contribution in [0.5, 0.6) is 0 Å². The lowest BCUT2D eigenvalue weighted by Gasteiger charge is -2.30. The molecule has 1 aromatic rings. The van der Waals surface area contributed by atoms with Gasteiger partial charge in [-0.05, 0) is 50.3 Å². The molecule has 1 saturated carbocycles. The van der Waals surface area contributed by atoms with E-state index >= 15 is 0 Å². The highest BCUT2D eigenvalue weighted by Crippen LogP contribution is 2.37. The second-order valence-electron chi connectivity index (χ2n) is 5.56. The van der Waals surface area contributed by atoms with Gasteiger partial charge in [-0.1, -0.05) is 12.1 Å². The normalized spacial score (nSPS) is 22.7. The molecule has 0 saturated heterocycles. The third-order valence-electron chi connectivity index (χ3n) is 3.80. The van der Waals surface area contributed by atoms with Gasteiger partial charge in [0.1, 0.15) is 0 Å². The lowest BCUT2D eigenvalue weighted by molar-refractivity contribution is -0.182. The third kappa shape index (κ3) is 4.65. The highest BCUT2D eigenvalue weighted by atomic mass is 19.4. The minimum absolute atomic E-state index is 0.0822. The Morgan fingerprint density at radius 3 is 2.43 bits per heavy atom. The van der Waals surface area contributed by atoms with Gasteiger partial charge in [0, 0.05) is 11.7 Å². The van der Waals surface area contributed by atoms with Gasteiger partial charge in [0.15, 0.2) is 0 Å². The van der Waals surface area contributed by atoms with Crippen LogP contribution >= 0.6 is 0 Å². The van der Waals surface area contributed by atoms with E-state index in [-0.39, 0.29) is 24.9 Å². The number of amides is 2. The van der Waals surface area contributed by atoms with Crippen molar-refractivity contribution in [1.29, 1.82) is 0 Å². The summed E-state index contributed by atoms with van der Waals surface area (Å²) in [5, 5.41) is 5.44. The molecule has 0 atom stereocenters. The first-order valence-electron chi connectivity index (χ1n) is 7.05. The summed E-state index contributed by atoms with van der Waals surface area (Å²) in [4.78, 5) is 11.8. The summed E-state index contributed by atoms with van der Waals surface area (Å²) in [5.41, 5.74) is 1.70. The van der Waals surface area contributed by atoms with Gasteiger partial charge in [0.05, 0.1) is 5.92 Å². The number of carbonyl (C=O) groups excluding carboxylic acids is 1. The van der Waals surface area contributed by atoms with E-state index in [2.05, 4.69) is 10.6 Å². The molecule has 2 amide bonds. The smallest absolute Gasteiger partial charge is 0.335 e. The number of alkyl halides is 3. The summed E-state index contributed by atoms with van der Waals surface area (Å²) in [7, 11) is 0. The van der Waals surface area contributed by atoms with Crippen molar-refractivity contribution >= 4 is 11.7 Å². The predicted molar refractivity (Wildman–Crippen MR) is 75.1 cm³/mol. The molecule has 0 heterocycles. The van der Waals surface area contributed by atoms with Gasteiger partial charge < -0.3 is 10.6 Å². The Hall–Kier alpha value is -1.72. The molecule has 0 bridgehead atoms. The number of carbonyl (C=O) groups is 1. The molecule has 0 aromatic heterocycles. The lowest BCUT2D eigenvalue weighted by atomic mass is 9.86. The Kier molecular flexibility index (Phi) is 4.75. The van der Waals surface area contributed by atoms with Crippen LogP contribution in [-0.4, -0.2) is 18.2 Å². The van der Waals surface area contributed by atoms with Gasteiger partial charge in [-0.3, -0.25) is 0 Å². The summed E-state index contributed by atoms with van der Waals surface area (Å²) in [6.45, 7) is 1.92. The first-order valence-corrected chi connectivity index (χ1v) is 7.05. The lowest BCUT2D eigenvalue weighted by Crippen LogP contribution is -2.41. The maximum atomic E-state index is 12.6. The van der Waals surface area contributed by atoms with Gasteiger partial charge in [-0.25, -0.2) is 4.79 Å². The van der Waals surface area contributed by atoms with E-state index in [1.54, 1.807) is 6.07 Å². The van der Waals surface area contributed by atoms with Crippen molar-refractivity contribution in [3.05, 3.63) is 29.8 Å². The van der Waals surface area contributed by atoms with Crippen molar-refractivity contribution in [2.45, 2.75) is 44.8 Å². The first-order chi connectivity index (χ1) is 9.84. The Bertz CT molecular complexity index is 494. The van der Waals surface area contributed by atoms with Crippen LogP contribution in [-0.2, 0) is 0 Å². The maximum absolute atomic E-state index is 12.6. The molecule has 0 unspecified atom stereocenters. The summed E-state index contributed by atoms with van der Waals surface area (Å²) in [6.07, 6.45) is -3.22. The molecule has 0 aliphatic heterocycles. The van der Waals surface area contributed by atoms with Gasteiger partial charge in [0.25, 0.3) is 0 Å². The van der Waals surface area contributed by atoms with E-state index in [0.717, 1.165) is 5.56 Å². The van der Waals surface area contributed by atoms with Gasteiger partial charge in [-0.15, -0.1) is 0 Å². The minimum atomic E-state index is -4.12. The fourth-order valence-electron chi connectivity index (χ4n) is 2.64.